The van der Waals surface area contributed by atoms with Crippen molar-refractivity contribution < 1.29 is 14.7 Å². The van der Waals surface area contributed by atoms with E-state index in [1.165, 1.54) is 0 Å². The lowest BCUT2D eigenvalue weighted by Gasteiger charge is -2.11. The van der Waals surface area contributed by atoms with Crippen LogP contribution in [0.1, 0.15) is 16.7 Å². The van der Waals surface area contributed by atoms with E-state index in [9.17, 15) is 5.21 Å². The normalized spacial score (nSPS) is 11.0. The molecule has 148 valence electrons. The number of hydrogen-bond acceptors (Lipinski definition) is 6. The maximum Gasteiger partial charge on any atom is 0.219 e. The van der Waals surface area contributed by atoms with Crippen LogP contribution in [-0.2, 0) is 13.0 Å². The Hall–Kier alpha value is -3.71. The zero-order valence-corrected chi connectivity index (χ0v) is 16.1. The van der Waals surface area contributed by atoms with Crippen molar-refractivity contribution in [2.75, 3.05) is 7.11 Å². The molecule has 7 nitrogen and oxygen atoms in total. The molecule has 2 heterocycles. The molecule has 0 amide bonds. The highest BCUT2D eigenvalue weighted by molar-refractivity contribution is 5.97. The van der Waals surface area contributed by atoms with Crippen molar-refractivity contribution in [3.8, 4) is 17.4 Å². The topological polar surface area (TPSA) is 88.9 Å². The molecule has 7 heteroatoms. The Labute approximate surface area is 169 Å². The third-order valence-electron chi connectivity index (χ3n) is 4.11. The van der Waals surface area contributed by atoms with E-state index in [0.29, 0.717) is 35.3 Å². The van der Waals surface area contributed by atoms with Crippen LogP contribution in [0.2, 0.25) is 0 Å². The Kier molecular flexibility index (Phi) is 6.91. The van der Waals surface area contributed by atoms with Crippen molar-refractivity contribution in [2.24, 2.45) is 4.99 Å². The maximum absolute atomic E-state index is 9.42. The largest absolute Gasteiger partial charge is 0.493 e. The first-order chi connectivity index (χ1) is 14.2. The summed E-state index contributed by atoms with van der Waals surface area (Å²) in [6, 6.07) is 12.9. The highest BCUT2D eigenvalue weighted by atomic mass is 16.5. The van der Waals surface area contributed by atoms with Gasteiger partial charge in [0.05, 0.1) is 13.7 Å². The maximum atomic E-state index is 9.42. The number of nitrogens with zero attached hydrogens (tertiary/aromatic N) is 3. The molecular weight excluding hydrogens is 368 g/mol. The van der Waals surface area contributed by atoms with Gasteiger partial charge in [-0.3, -0.25) is 20.7 Å². The molecule has 0 saturated heterocycles. The standard InChI is InChI=1S/C22H22N4O3/c1-3-4-16-5-7-19(20(13-16)28-2)29-21-8-6-18(15-24-21)22(26-27)25-14-17-9-11-23-12-10-17/h3,5-13,15,27H,1,4,14H2,2H3,(H,25,26). The monoisotopic (exact) mass is 390 g/mol. The minimum absolute atomic E-state index is 0.312. The Morgan fingerprint density at radius 1 is 1.14 bits per heavy atom. The van der Waals surface area contributed by atoms with E-state index >= 15 is 0 Å². The molecule has 29 heavy (non-hydrogen) atoms. The molecule has 0 aliphatic heterocycles. The van der Waals surface area contributed by atoms with E-state index in [0.717, 1.165) is 17.5 Å². The van der Waals surface area contributed by atoms with Crippen LogP contribution in [0.25, 0.3) is 0 Å². The predicted octanol–water partition coefficient (Wildman–Crippen LogP) is 3.93. The molecule has 0 spiro atoms. The number of hydroxylamine groups is 1. The summed E-state index contributed by atoms with van der Waals surface area (Å²) in [6.07, 6.45) is 7.55. The average Bonchev–Trinajstić information content (AvgIpc) is 2.77. The molecule has 2 N–H and O–H groups in total. The van der Waals surface area contributed by atoms with Gasteiger partial charge in [0, 0.05) is 30.2 Å². The van der Waals surface area contributed by atoms with Gasteiger partial charge >= 0.3 is 0 Å². The lowest BCUT2D eigenvalue weighted by atomic mass is 10.1. The Bertz CT molecular complexity index is 973. The number of amidine groups is 1. The number of rotatable bonds is 8. The van der Waals surface area contributed by atoms with Crippen molar-refractivity contribution in [3.05, 3.63) is 90.4 Å². The molecule has 1 aromatic carbocycles. The van der Waals surface area contributed by atoms with Crippen molar-refractivity contribution in [1.29, 1.82) is 0 Å². The zero-order chi connectivity index (χ0) is 20.5. The number of hydrogen-bond donors (Lipinski definition) is 2. The van der Waals surface area contributed by atoms with Crippen LogP contribution in [-0.4, -0.2) is 28.1 Å². The molecule has 3 aromatic rings. The van der Waals surface area contributed by atoms with Gasteiger partial charge in [-0.15, -0.1) is 6.58 Å². The second-order valence-electron chi connectivity index (χ2n) is 6.10. The Morgan fingerprint density at radius 2 is 1.97 bits per heavy atom. The van der Waals surface area contributed by atoms with Crippen molar-refractivity contribution in [1.82, 2.24) is 15.4 Å². The minimum Gasteiger partial charge on any atom is -0.493 e. The predicted molar refractivity (Wildman–Crippen MR) is 111 cm³/mol. The van der Waals surface area contributed by atoms with Crippen LogP contribution in [0, 0.1) is 0 Å². The van der Waals surface area contributed by atoms with Crippen molar-refractivity contribution >= 4 is 5.84 Å². The first-order valence-corrected chi connectivity index (χ1v) is 8.99. The lowest BCUT2D eigenvalue weighted by Crippen LogP contribution is -2.20. The van der Waals surface area contributed by atoms with Crippen LogP contribution in [0.5, 0.6) is 17.4 Å². The number of aliphatic imine (C=N–C) groups is 1. The molecule has 0 radical (unpaired) electrons. The highest BCUT2D eigenvalue weighted by Gasteiger charge is 2.09. The molecule has 0 aliphatic carbocycles. The summed E-state index contributed by atoms with van der Waals surface area (Å²) in [5.41, 5.74) is 4.81. The second-order valence-corrected chi connectivity index (χ2v) is 6.10. The summed E-state index contributed by atoms with van der Waals surface area (Å²) in [6.45, 7) is 4.14. The smallest absolute Gasteiger partial charge is 0.219 e. The molecular formula is C22H22N4O3. The summed E-state index contributed by atoms with van der Waals surface area (Å²) < 4.78 is 11.2. The Morgan fingerprint density at radius 3 is 2.62 bits per heavy atom. The first-order valence-electron chi connectivity index (χ1n) is 8.99. The van der Waals surface area contributed by atoms with Crippen LogP contribution in [0.3, 0.4) is 0 Å². The van der Waals surface area contributed by atoms with E-state index in [4.69, 9.17) is 9.47 Å². The van der Waals surface area contributed by atoms with Gasteiger partial charge in [0.15, 0.2) is 17.3 Å². The van der Waals surface area contributed by atoms with Crippen molar-refractivity contribution in [3.63, 3.8) is 0 Å². The van der Waals surface area contributed by atoms with E-state index in [2.05, 4.69) is 27.0 Å². The highest BCUT2D eigenvalue weighted by Crippen LogP contribution is 2.31. The van der Waals surface area contributed by atoms with Gasteiger partial charge in [-0.2, -0.15) is 0 Å². The molecule has 0 saturated carbocycles. The summed E-state index contributed by atoms with van der Waals surface area (Å²) in [4.78, 5) is 12.6. The molecule has 0 atom stereocenters. The van der Waals surface area contributed by atoms with Crippen LogP contribution < -0.4 is 15.0 Å². The fourth-order valence-electron chi connectivity index (χ4n) is 2.63. The number of aromatic nitrogens is 2. The minimum atomic E-state index is 0.312. The van der Waals surface area contributed by atoms with Crippen LogP contribution >= 0.6 is 0 Å². The van der Waals surface area contributed by atoms with Gasteiger partial charge in [0.1, 0.15) is 0 Å². The average molecular weight is 390 g/mol. The van der Waals surface area contributed by atoms with E-state index < -0.39 is 0 Å². The molecule has 0 fully saturated rings. The summed E-state index contributed by atoms with van der Waals surface area (Å²) in [7, 11) is 1.59. The van der Waals surface area contributed by atoms with Crippen LogP contribution in [0.4, 0.5) is 0 Å². The number of ether oxygens (including phenoxy) is 2. The van der Waals surface area contributed by atoms with Gasteiger partial charge < -0.3 is 9.47 Å². The van der Waals surface area contributed by atoms with E-state index in [1.54, 1.807) is 37.8 Å². The number of pyridine rings is 2. The summed E-state index contributed by atoms with van der Waals surface area (Å²) >= 11 is 0. The van der Waals surface area contributed by atoms with E-state index in [-0.39, 0.29) is 0 Å². The number of methoxy groups -OCH3 is 1. The van der Waals surface area contributed by atoms with Gasteiger partial charge in [-0.25, -0.2) is 4.98 Å². The molecule has 2 aromatic heterocycles. The fourth-order valence-corrected chi connectivity index (χ4v) is 2.63. The number of nitrogens with one attached hydrogen (secondary N) is 1. The quantitative estimate of drug-likeness (QED) is 0.262. The first kappa shape index (κ1) is 20.0. The number of allylic oxidation sites excluding steroid dienone is 1. The molecule has 0 aliphatic rings. The second kappa shape index (κ2) is 10.0. The van der Waals surface area contributed by atoms with Gasteiger partial charge in [-0.05, 0) is 47.9 Å². The van der Waals surface area contributed by atoms with Crippen molar-refractivity contribution in [2.45, 2.75) is 13.0 Å². The third-order valence-corrected chi connectivity index (χ3v) is 4.11. The molecule has 0 bridgehead atoms. The fraction of sp³-hybridized carbons (Fsp3) is 0.136. The summed E-state index contributed by atoms with van der Waals surface area (Å²) in [5.74, 6) is 1.89. The SMILES string of the molecule is C=CCc1ccc(Oc2ccc(C(=NCc3ccncc3)NO)cn2)c(OC)c1. The Balaban J connectivity index is 1.73. The third kappa shape index (κ3) is 5.40. The van der Waals surface area contributed by atoms with Gasteiger partial charge in [0.2, 0.25) is 5.88 Å². The van der Waals surface area contributed by atoms with E-state index in [1.807, 2.05) is 36.4 Å². The molecule has 0 unspecified atom stereocenters. The lowest BCUT2D eigenvalue weighted by molar-refractivity contribution is 0.234. The van der Waals surface area contributed by atoms with Gasteiger partial charge in [-0.1, -0.05) is 12.1 Å². The summed E-state index contributed by atoms with van der Waals surface area (Å²) in [5, 5.41) is 9.42. The molecule has 3 rings (SSSR count). The zero-order valence-electron chi connectivity index (χ0n) is 16.1. The number of benzene rings is 1. The van der Waals surface area contributed by atoms with Gasteiger partial charge in [0.25, 0.3) is 0 Å². The van der Waals surface area contributed by atoms with Crippen LogP contribution in [0.15, 0.2) is 78.7 Å².